The fourth-order valence-electron chi connectivity index (χ4n) is 5.81. The van der Waals surface area contributed by atoms with E-state index in [0.717, 1.165) is 69.6 Å². The third-order valence-electron chi connectivity index (χ3n) is 7.90. The molecule has 0 radical (unpaired) electrons. The number of amides is 1. The Kier molecular flexibility index (Phi) is 3.76. The number of aliphatic imine (C=N–C) groups is 1. The van der Waals surface area contributed by atoms with E-state index in [1.807, 2.05) is 0 Å². The highest BCUT2D eigenvalue weighted by Crippen LogP contribution is 2.46. The Morgan fingerprint density at radius 1 is 1.28 bits per heavy atom. The van der Waals surface area contributed by atoms with Gasteiger partial charge in [-0.05, 0) is 75.5 Å². The van der Waals surface area contributed by atoms with Gasteiger partial charge in [-0.15, -0.1) is 0 Å². The largest absolute Gasteiger partial charge is 0.342 e. The van der Waals surface area contributed by atoms with Crippen molar-refractivity contribution in [2.45, 2.75) is 75.7 Å². The number of aromatic nitrogens is 2. The van der Waals surface area contributed by atoms with Crippen LogP contribution in [0.2, 0.25) is 0 Å². The molecule has 1 saturated carbocycles. The molecule has 2 unspecified atom stereocenters. The molecule has 1 spiro atoms. The van der Waals surface area contributed by atoms with Crippen molar-refractivity contribution < 1.29 is 4.79 Å². The summed E-state index contributed by atoms with van der Waals surface area (Å²) in [6, 6.07) is 2.35. The van der Waals surface area contributed by atoms with E-state index in [1.165, 1.54) is 24.1 Å². The maximum absolute atomic E-state index is 12.7. The molecule has 1 amide bonds. The molecule has 5 heteroatoms. The molecule has 152 valence electrons. The predicted octanol–water partition coefficient (Wildman–Crippen LogP) is 3.89. The summed E-state index contributed by atoms with van der Waals surface area (Å²) in [5.41, 5.74) is 5.13. The fourth-order valence-corrected chi connectivity index (χ4v) is 5.81. The molecule has 29 heavy (non-hydrogen) atoms. The van der Waals surface area contributed by atoms with Gasteiger partial charge in [0, 0.05) is 43.4 Å². The van der Waals surface area contributed by atoms with Crippen molar-refractivity contribution in [2.24, 2.45) is 10.9 Å². The number of nitrogens with zero attached hydrogens (tertiary/aromatic N) is 4. The Morgan fingerprint density at radius 2 is 2.14 bits per heavy atom. The molecule has 0 bridgehead atoms. The third kappa shape index (κ3) is 2.84. The molecule has 2 aliphatic carbocycles. The molecular weight excluding hydrogens is 360 g/mol. The minimum absolute atomic E-state index is 0.116. The van der Waals surface area contributed by atoms with Crippen molar-refractivity contribution in [3.8, 4) is 0 Å². The second-order valence-electron chi connectivity index (χ2n) is 10.2. The van der Waals surface area contributed by atoms with Crippen LogP contribution in [-0.2, 0) is 22.2 Å². The van der Waals surface area contributed by atoms with Gasteiger partial charge >= 0.3 is 0 Å². The van der Waals surface area contributed by atoms with E-state index in [9.17, 15) is 4.79 Å². The predicted molar refractivity (Wildman–Crippen MR) is 113 cm³/mol. The van der Waals surface area contributed by atoms with Gasteiger partial charge in [-0.3, -0.25) is 14.5 Å². The molecule has 5 nitrogen and oxygen atoms in total. The molecule has 6 rings (SSSR count). The van der Waals surface area contributed by atoms with Crippen molar-refractivity contribution in [3.63, 3.8) is 0 Å². The average molecular weight is 391 g/mol. The smallest absolute Gasteiger partial charge is 0.222 e. The number of allylic oxidation sites excluding steroid dienone is 3. The van der Waals surface area contributed by atoms with E-state index in [4.69, 9.17) is 10.1 Å². The molecular formula is C24H30N4O. The highest BCUT2D eigenvalue weighted by Gasteiger charge is 2.48. The van der Waals surface area contributed by atoms with Crippen molar-refractivity contribution in [1.82, 2.24) is 14.7 Å². The van der Waals surface area contributed by atoms with Gasteiger partial charge in [0.25, 0.3) is 0 Å². The summed E-state index contributed by atoms with van der Waals surface area (Å²) in [6.45, 7) is 5.05. The zero-order valence-electron chi connectivity index (χ0n) is 17.4. The van der Waals surface area contributed by atoms with E-state index in [0.29, 0.717) is 11.8 Å². The van der Waals surface area contributed by atoms with Gasteiger partial charge in [0.1, 0.15) is 0 Å². The van der Waals surface area contributed by atoms with Crippen LogP contribution in [0.4, 0.5) is 0 Å². The maximum atomic E-state index is 12.7. The molecule has 2 fully saturated rings. The lowest BCUT2D eigenvalue weighted by atomic mass is 9.76. The number of likely N-dealkylation sites (tertiary alicyclic amines) is 1. The van der Waals surface area contributed by atoms with Crippen LogP contribution in [0.1, 0.15) is 69.7 Å². The summed E-state index contributed by atoms with van der Waals surface area (Å²) in [5.74, 6) is 1.04. The van der Waals surface area contributed by atoms with Crippen LogP contribution >= 0.6 is 0 Å². The monoisotopic (exact) mass is 390 g/mol. The molecule has 5 aliphatic rings. The van der Waals surface area contributed by atoms with Crippen LogP contribution in [0.5, 0.6) is 0 Å². The first-order chi connectivity index (χ1) is 14.0. The molecule has 1 saturated heterocycles. The topological polar surface area (TPSA) is 50.5 Å². The van der Waals surface area contributed by atoms with Crippen molar-refractivity contribution in [3.05, 3.63) is 40.9 Å². The molecule has 1 aromatic rings. The molecule has 2 atom stereocenters. The van der Waals surface area contributed by atoms with Gasteiger partial charge in [0.05, 0.1) is 16.8 Å². The normalized spacial score (nSPS) is 32.9. The SMILES string of the molecule is CC1(c2cc3n(n2)CCC32CCN(C(=O)CC3CC3)C2)C=NC2=C(CCC=C2)C1. The van der Waals surface area contributed by atoms with Crippen molar-refractivity contribution in [1.29, 1.82) is 0 Å². The summed E-state index contributed by atoms with van der Waals surface area (Å²) in [6.07, 6.45) is 15.2. The van der Waals surface area contributed by atoms with Crippen LogP contribution in [0.15, 0.2) is 34.5 Å². The molecule has 0 aromatic carbocycles. The van der Waals surface area contributed by atoms with Crippen LogP contribution in [0, 0.1) is 5.92 Å². The number of hydrogen-bond donors (Lipinski definition) is 0. The minimum atomic E-state index is -0.122. The first-order valence-electron chi connectivity index (χ1n) is 11.4. The van der Waals surface area contributed by atoms with Gasteiger partial charge in [-0.2, -0.15) is 5.10 Å². The molecule has 4 heterocycles. The number of aryl methyl sites for hydroxylation is 1. The Hall–Kier alpha value is -2.17. The summed E-state index contributed by atoms with van der Waals surface area (Å²) < 4.78 is 2.23. The first kappa shape index (κ1) is 17.7. The van der Waals surface area contributed by atoms with E-state index in [-0.39, 0.29) is 10.8 Å². The van der Waals surface area contributed by atoms with Crippen molar-refractivity contribution in [2.75, 3.05) is 13.1 Å². The standard InChI is InChI=1S/C24H30N4O/c1-23(14-18-4-2-3-5-19(18)25-15-23)20-13-21-24(9-11-28(21)26-20)8-10-27(16-24)22(29)12-17-6-7-17/h3,5,13,15,17H,2,4,6-12,14,16H2,1H3. The lowest BCUT2D eigenvalue weighted by molar-refractivity contribution is -0.130. The summed E-state index contributed by atoms with van der Waals surface area (Å²) in [5, 5.41) is 5.05. The molecule has 0 N–H and O–H groups in total. The van der Waals surface area contributed by atoms with E-state index in [1.54, 1.807) is 0 Å². The zero-order chi connectivity index (χ0) is 19.6. The number of carbonyl (C=O) groups is 1. The number of rotatable bonds is 3. The maximum Gasteiger partial charge on any atom is 0.222 e. The van der Waals surface area contributed by atoms with Crippen LogP contribution in [0.3, 0.4) is 0 Å². The molecule has 3 aliphatic heterocycles. The summed E-state index contributed by atoms with van der Waals surface area (Å²) >= 11 is 0. The fraction of sp³-hybridized carbons (Fsp3) is 0.625. The first-order valence-corrected chi connectivity index (χ1v) is 11.4. The Labute approximate surface area is 172 Å². The lowest BCUT2D eigenvalue weighted by Gasteiger charge is -2.30. The van der Waals surface area contributed by atoms with E-state index < -0.39 is 0 Å². The van der Waals surface area contributed by atoms with Crippen LogP contribution < -0.4 is 0 Å². The van der Waals surface area contributed by atoms with Gasteiger partial charge < -0.3 is 4.90 Å². The summed E-state index contributed by atoms with van der Waals surface area (Å²) in [7, 11) is 0. The minimum Gasteiger partial charge on any atom is -0.342 e. The van der Waals surface area contributed by atoms with Gasteiger partial charge in [-0.1, -0.05) is 6.08 Å². The van der Waals surface area contributed by atoms with Crippen molar-refractivity contribution >= 4 is 12.1 Å². The number of fused-ring (bicyclic) bond motifs is 2. The number of carbonyl (C=O) groups excluding carboxylic acids is 1. The Morgan fingerprint density at radius 3 is 3.00 bits per heavy atom. The average Bonchev–Trinajstić information content (AvgIpc) is 3.16. The third-order valence-corrected chi connectivity index (χ3v) is 7.90. The molecule has 1 aromatic heterocycles. The Balaban J connectivity index is 1.25. The van der Waals surface area contributed by atoms with Gasteiger partial charge in [-0.25, -0.2) is 0 Å². The number of hydrogen-bond acceptors (Lipinski definition) is 3. The van der Waals surface area contributed by atoms with E-state index >= 15 is 0 Å². The second kappa shape index (κ2) is 6.16. The van der Waals surface area contributed by atoms with Gasteiger partial charge in [0.15, 0.2) is 0 Å². The highest BCUT2D eigenvalue weighted by molar-refractivity contribution is 5.78. The van der Waals surface area contributed by atoms with Crippen LogP contribution in [0.25, 0.3) is 0 Å². The lowest BCUT2D eigenvalue weighted by Crippen LogP contribution is -2.33. The second-order valence-corrected chi connectivity index (χ2v) is 10.2. The quantitative estimate of drug-likeness (QED) is 0.786. The Bertz CT molecular complexity index is 966. The zero-order valence-corrected chi connectivity index (χ0v) is 17.4. The summed E-state index contributed by atoms with van der Waals surface area (Å²) in [4.78, 5) is 19.6. The highest BCUT2D eigenvalue weighted by atomic mass is 16.2. The van der Waals surface area contributed by atoms with Crippen LogP contribution in [-0.4, -0.2) is 39.9 Å². The van der Waals surface area contributed by atoms with Gasteiger partial charge in [0.2, 0.25) is 5.91 Å². The van der Waals surface area contributed by atoms with E-state index in [2.05, 4.69) is 40.9 Å².